The molecule has 1 atom stereocenters. The molecule has 0 aliphatic rings. The molecule has 1 aromatic carbocycles. The number of halogens is 1. The molecule has 23 heavy (non-hydrogen) atoms. The molecule has 124 valence electrons. The monoisotopic (exact) mass is 338 g/mol. The van der Waals surface area contributed by atoms with Gasteiger partial charge in [0, 0.05) is 6.42 Å². The summed E-state index contributed by atoms with van der Waals surface area (Å²) in [4.78, 5) is 11.9. The molecule has 2 rings (SSSR count). The summed E-state index contributed by atoms with van der Waals surface area (Å²) in [6.07, 6.45) is 1.12. The summed E-state index contributed by atoms with van der Waals surface area (Å²) in [6.45, 7) is 3.48. The van der Waals surface area contributed by atoms with Crippen LogP contribution in [0.3, 0.4) is 0 Å². The van der Waals surface area contributed by atoms with Crippen LogP contribution in [0.15, 0.2) is 24.3 Å². The fourth-order valence-corrected chi connectivity index (χ4v) is 2.56. The van der Waals surface area contributed by atoms with E-state index in [0.29, 0.717) is 23.0 Å². The van der Waals surface area contributed by atoms with E-state index in [-0.39, 0.29) is 12.4 Å². The molecule has 8 heteroatoms. The zero-order valence-corrected chi connectivity index (χ0v) is 13.8. The summed E-state index contributed by atoms with van der Waals surface area (Å²) in [5, 5.41) is 23.6. The zero-order chi connectivity index (χ0) is 16.9. The number of urea groups is 1. The third-order valence-corrected chi connectivity index (χ3v) is 4.34. The minimum atomic E-state index is -0.675. The predicted molar refractivity (Wildman–Crippen MR) is 87.1 cm³/mol. The van der Waals surface area contributed by atoms with Crippen LogP contribution in [-0.2, 0) is 6.42 Å². The molecule has 1 unspecified atom stereocenters. The number of aromatic nitrogens is 2. The molecule has 0 radical (unpaired) electrons. The SMILES string of the molecule is CCC(C)(CO)NC(=O)Nc1nnc(Cc2ccc(F)cc2)s1. The molecule has 1 aromatic heterocycles. The van der Waals surface area contributed by atoms with E-state index in [4.69, 9.17) is 0 Å². The van der Waals surface area contributed by atoms with Crippen LogP contribution >= 0.6 is 11.3 Å². The predicted octanol–water partition coefficient (Wildman–Crippen LogP) is 2.55. The molecule has 0 spiro atoms. The average Bonchev–Trinajstić information content (AvgIpc) is 2.96. The van der Waals surface area contributed by atoms with Crippen molar-refractivity contribution in [1.82, 2.24) is 15.5 Å². The number of rotatable bonds is 6. The van der Waals surface area contributed by atoms with Crippen LogP contribution in [-0.4, -0.2) is 33.5 Å². The number of carbonyl (C=O) groups excluding carboxylic acids is 1. The van der Waals surface area contributed by atoms with Crippen LogP contribution in [0.25, 0.3) is 0 Å². The standard InChI is InChI=1S/C15H19FN4O2S/c1-3-15(2,9-21)18-13(22)17-14-20-19-12(23-14)8-10-4-6-11(16)7-5-10/h4-7,21H,3,8-9H2,1-2H3,(H2,17,18,20,22). The van der Waals surface area contributed by atoms with E-state index in [1.54, 1.807) is 19.1 Å². The normalized spacial score (nSPS) is 13.4. The van der Waals surface area contributed by atoms with Crippen LogP contribution in [0.2, 0.25) is 0 Å². The highest BCUT2D eigenvalue weighted by atomic mass is 32.1. The molecule has 0 aliphatic carbocycles. The summed E-state index contributed by atoms with van der Waals surface area (Å²) >= 11 is 1.25. The number of carbonyl (C=O) groups is 1. The van der Waals surface area contributed by atoms with Gasteiger partial charge in [0.05, 0.1) is 12.1 Å². The second-order valence-corrected chi connectivity index (χ2v) is 6.52. The van der Waals surface area contributed by atoms with Gasteiger partial charge in [0.2, 0.25) is 5.13 Å². The van der Waals surface area contributed by atoms with E-state index >= 15 is 0 Å². The maximum Gasteiger partial charge on any atom is 0.321 e. The first-order chi connectivity index (χ1) is 10.9. The highest BCUT2D eigenvalue weighted by molar-refractivity contribution is 7.15. The van der Waals surface area contributed by atoms with Crippen molar-refractivity contribution in [1.29, 1.82) is 0 Å². The Morgan fingerprint density at radius 3 is 2.65 bits per heavy atom. The third kappa shape index (κ3) is 4.97. The third-order valence-electron chi connectivity index (χ3n) is 3.50. The van der Waals surface area contributed by atoms with E-state index in [0.717, 1.165) is 5.56 Å². The lowest BCUT2D eigenvalue weighted by Gasteiger charge is -2.26. The number of benzene rings is 1. The molecule has 0 fully saturated rings. The van der Waals surface area contributed by atoms with E-state index in [2.05, 4.69) is 20.8 Å². The number of anilines is 1. The summed E-state index contributed by atoms with van der Waals surface area (Å²) < 4.78 is 12.9. The van der Waals surface area contributed by atoms with Crippen LogP contribution in [0.4, 0.5) is 14.3 Å². The Balaban J connectivity index is 1.94. The Bertz CT molecular complexity index is 656. The topological polar surface area (TPSA) is 87.1 Å². The van der Waals surface area contributed by atoms with Crippen LogP contribution in [0, 0.1) is 5.82 Å². The maximum absolute atomic E-state index is 12.9. The Hall–Kier alpha value is -2.06. The fraction of sp³-hybridized carbons (Fsp3) is 0.400. The van der Waals surface area contributed by atoms with Gasteiger partial charge in [-0.1, -0.05) is 30.4 Å². The van der Waals surface area contributed by atoms with Gasteiger partial charge in [0.1, 0.15) is 10.8 Å². The first-order valence-electron chi connectivity index (χ1n) is 7.21. The van der Waals surface area contributed by atoms with Gasteiger partial charge >= 0.3 is 6.03 Å². The van der Waals surface area contributed by atoms with E-state index in [1.165, 1.54) is 23.5 Å². The Kier molecular flexibility index (Phi) is 5.62. The van der Waals surface area contributed by atoms with Crippen LogP contribution < -0.4 is 10.6 Å². The Morgan fingerprint density at radius 2 is 2.04 bits per heavy atom. The lowest BCUT2D eigenvalue weighted by molar-refractivity contribution is 0.172. The van der Waals surface area contributed by atoms with Crippen molar-refractivity contribution < 1.29 is 14.3 Å². The molecular formula is C15H19FN4O2S. The molecule has 2 aromatic rings. The highest BCUT2D eigenvalue weighted by Crippen LogP contribution is 2.19. The molecule has 1 heterocycles. The lowest BCUT2D eigenvalue weighted by atomic mass is 10.0. The molecule has 3 N–H and O–H groups in total. The van der Waals surface area contributed by atoms with Gasteiger partial charge in [0.15, 0.2) is 0 Å². The number of hydrogen-bond donors (Lipinski definition) is 3. The summed E-state index contributed by atoms with van der Waals surface area (Å²) in [5.74, 6) is -0.284. The number of nitrogens with one attached hydrogen (secondary N) is 2. The average molecular weight is 338 g/mol. The summed E-state index contributed by atoms with van der Waals surface area (Å²) in [7, 11) is 0. The lowest BCUT2D eigenvalue weighted by Crippen LogP contribution is -2.50. The summed E-state index contributed by atoms with van der Waals surface area (Å²) in [5.41, 5.74) is 0.239. The van der Waals surface area contributed by atoms with Crippen molar-refractivity contribution in [2.24, 2.45) is 0 Å². The van der Waals surface area contributed by atoms with Crippen molar-refractivity contribution in [3.63, 3.8) is 0 Å². The first kappa shape index (κ1) is 17.3. The molecule has 6 nitrogen and oxygen atoms in total. The first-order valence-corrected chi connectivity index (χ1v) is 8.02. The van der Waals surface area contributed by atoms with Crippen molar-refractivity contribution in [3.8, 4) is 0 Å². The smallest absolute Gasteiger partial charge is 0.321 e. The molecule has 2 amide bonds. The van der Waals surface area contributed by atoms with Gasteiger partial charge in [-0.05, 0) is 31.0 Å². The fourth-order valence-electron chi connectivity index (χ4n) is 1.79. The Labute approximate surface area is 137 Å². The van der Waals surface area contributed by atoms with E-state index in [9.17, 15) is 14.3 Å². The second kappa shape index (κ2) is 7.47. The van der Waals surface area contributed by atoms with E-state index in [1.807, 2.05) is 6.92 Å². The van der Waals surface area contributed by atoms with Crippen molar-refractivity contribution in [2.45, 2.75) is 32.2 Å². The van der Waals surface area contributed by atoms with Crippen LogP contribution in [0.5, 0.6) is 0 Å². The molecule has 0 bridgehead atoms. The van der Waals surface area contributed by atoms with Gasteiger partial charge < -0.3 is 10.4 Å². The largest absolute Gasteiger partial charge is 0.394 e. The molecule has 0 saturated carbocycles. The van der Waals surface area contributed by atoms with E-state index < -0.39 is 11.6 Å². The van der Waals surface area contributed by atoms with Crippen molar-refractivity contribution in [3.05, 3.63) is 40.7 Å². The van der Waals surface area contributed by atoms with Crippen LogP contribution in [0.1, 0.15) is 30.8 Å². The van der Waals surface area contributed by atoms with Gasteiger partial charge in [-0.25, -0.2) is 9.18 Å². The number of nitrogens with zero attached hydrogens (tertiary/aromatic N) is 2. The minimum absolute atomic E-state index is 0.150. The molecule has 0 aliphatic heterocycles. The highest BCUT2D eigenvalue weighted by Gasteiger charge is 2.23. The number of hydrogen-bond acceptors (Lipinski definition) is 5. The maximum atomic E-state index is 12.9. The summed E-state index contributed by atoms with van der Waals surface area (Å²) in [6, 6.07) is 5.72. The van der Waals surface area contributed by atoms with Gasteiger partial charge in [-0.15, -0.1) is 10.2 Å². The van der Waals surface area contributed by atoms with Gasteiger partial charge in [0.25, 0.3) is 0 Å². The zero-order valence-electron chi connectivity index (χ0n) is 13.0. The Morgan fingerprint density at radius 1 is 1.35 bits per heavy atom. The number of aliphatic hydroxyl groups excluding tert-OH is 1. The van der Waals surface area contributed by atoms with Crippen molar-refractivity contribution >= 4 is 22.5 Å². The number of aliphatic hydroxyl groups is 1. The van der Waals surface area contributed by atoms with Gasteiger partial charge in [-0.2, -0.15) is 0 Å². The van der Waals surface area contributed by atoms with Gasteiger partial charge in [-0.3, -0.25) is 5.32 Å². The quantitative estimate of drug-likeness (QED) is 0.755. The molecule has 0 saturated heterocycles. The second-order valence-electron chi connectivity index (χ2n) is 5.46. The number of amides is 2. The minimum Gasteiger partial charge on any atom is -0.394 e. The molecular weight excluding hydrogens is 319 g/mol. The van der Waals surface area contributed by atoms with Crippen molar-refractivity contribution in [2.75, 3.05) is 11.9 Å².